The smallest absolute Gasteiger partial charge is 0.336 e. The normalized spacial score (nSPS) is 11.9. The molecule has 0 bridgehead atoms. The van der Waals surface area contributed by atoms with Crippen molar-refractivity contribution in [3.05, 3.63) is 71.1 Å². The van der Waals surface area contributed by atoms with Crippen molar-refractivity contribution in [3.63, 3.8) is 0 Å². The first-order valence-corrected chi connectivity index (χ1v) is 7.58. The van der Waals surface area contributed by atoms with Crippen molar-refractivity contribution < 1.29 is 13.9 Å². The standard InChI is InChI=1S/C19H17NO4/c1-13(19(22)20(2)15-6-4-3-5-7-15)23-16-10-8-14-9-11-18(21)24-17(14)12-16/h3-13H,1-2H3. The lowest BCUT2D eigenvalue weighted by Crippen LogP contribution is -2.37. The van der Waals surface area contributed by atoms with E-state index in [-0.39, 0.29) is 5.91 Å². The quantitative estimate of drug-likeness (QED) is 0.692. The van der Waals surface area contributed by atoms with Crippen LogP contribution in [0.1, 0.15) is 6.92 Å². The Hall–Kier alpha value is -3.08. The third-order valence-electron chi connectivity index (χ3n) is 3.73. The first-order chi connectivity index (χ1) is 11.5. The van der Waals surface area contributed by atoms with Gasteiger partial charge in [-0.25, -0.2) is 4.79 Å². The minimum Gasteiger partial charge on any atom is -0.481 e. The number of hydrogen-bond donors (Lipinski definition) is 0. The van der Waals surface area contributed by atoms with Crippen LogP contribution in [0, 0.1) is 0 Å². The Morgan fingerprint density at radius 3 is 2.54 bits per heavy atom. The largest absolute Gasteiger partial charge is 0.481 e. The summed E-state index contributed by atoms with van der Waals surface area (Å²) in [5.74, 6) is 0.301. The van der Waals surface area contributed by atoms with Gasteiger partial charge in [-0.2, -0.15) is 0 Å². The second kappa shape index (κ2) is 6.58. The van der Waals surface area contributed by atoms with E-state index in [1.165, 1.54) is 6.07 Å². The van der Waals surface area contributed by atoms with Crippen LogP contribution in [0.4, 0.5) is 5.69 Å². The van der Waals surface area contributed by atoms with Crippen molar-refractivity contribution in [2.45, 2.75) is 13.0 Å². The van der Waals surface area contributed by atoms with E-state index in [1.54, 1.807) is 43.1 Å². The second-order valence-corrected chi connectivity index (χ2v) is 5.45. The van der Waals surface area contributed by atoms with Gasteiger partial charge in [-0.05, 0) is 37.3 Å². The molecule has 1 unspecified atom stereocenters. The summed E-state index contributed by atoms with van der Waals surface area (Å²) in [6.45, 7) is 1.69. The molecule has 0 radical (unpaired) electrons. The molecular weight excluding hydrogens is 306 g/mol. The van der Waals surface area contributed by atoms with Crippen molar-refractivity contribution in [3.8, 4) is 5.75 Å². The van der Waals surface area contributed by atoms with Gasteiger partial charge < -0.3 is 14.1 Å². The highest BCUT2D eigenvalue weighted by molar-refractivity contribution is 5.96. The average molecular weight is 323 g/mol. The van der Waals surface area contributed by atoms with Crippen LogP contribution in [0.25, 0.3) is 11.0 Å². The number of carbonyl (C=O) groups excluding carboxylic acids is 1. The van der Waals surface area contributed by atoms with Gasteiger partial charge in [0.2, 0.25) is 0 Å². The Bertz CT molecular complexity index is 917. The molecule has 5 nitrogen and oxygen atoms in total. The van der Waals surface area contributed by atoms with E-state index in [0.29, 0.717) is 11.3 Å². The highest BCUT2D eigenvalue weighted by atomic mass is 16.5. The van der Waals surface area contributed by atoms with Crippen LogP contribution >= 0.6 is 0 Å². The molecule has 5 heteroatoms. The topological polar surface area (TPSA) is 59.8 Å². The summed E-state index contributed by atoms with van der Waals surface area (Å²) < 4.78 is 10.8. The number of rotatable bonds is 4. The number of anilines is 1. The summed E-state index contributed by atoms with van der Waals surface area (Å²) in [5.41, 5.74) is 0.797. The monoisotopic (exact) mass is 323 g/mol. The van der Waals surface area contributed by atoms with Crippen molar-refractivity contribution in [1.29, 1.82) is 0 Å². The van der Waals surface area contributed by atoms with Crippen LogP contribution in [0.2, 0.25) is 0 Å². The van der Waals surface area contributed by atoms with E-state index in [2.05, 4.69) is 0 Å². The fraction of sp³-hybridized carbons (Fsp3) is 0.158. The Morgan fingerprint density at radius 2 is 1.79 bits per heavy atom. The first-order valence-electron chi connectivity index (χ1n) is 7.58. The number of benzene rings is 2. The van der Waals surface area contributed by atoms with Gasteiger partial charge in [0.1, 0.15) is 11.3 Å². The van der Waals surface area contributed by atoms with Crippen molar-refractivity contribution in [2.24, 2.45) is 0 Å². The third kappa shape index (κ3) is 3.30. The molecule has 3 aromatic rings. The zero-order chi connectivity index (χ0) is 17.1. The maximum atomic E-state index is 12.5. The van der Waals surface area contributed by atoms with Crippen LogP contribution in [0.15, 0.2) is 69.9 Å². The second-order valence-electron chi connectivity index (χ2n) is 5.45. The molecule has 0 N–H and O–H groups in total. The number of ether oxygens (including phenoxy) is 1. The molecule has 1 aromatic heterocycles. The van der Waals surface area contributed by atoms with Crippen molar-refractivity contribution >= 4 is 22.6 Å². The van der Waals surface area contributed by atoms with Crippen LogP contribution in [-0.2, 0) is 4.79 Å². The highest BCUT2D eigenvalue weighted by Gasteiger charge is 2.20. The average Bonchev–Trinajstić information content (AvgIpc) is 2.60. The number of fused-ring (bicyclic) bond motifs is 1. The van der Waals surface area contributed by atoms with Crippen LogP contribution < -0.4 is 15.3 Å². The van der Waals surface area contributed by atoms with Gasteiger partial charge in [0.25, 0.3) is 5.91 Å². The summed E-state index contributed by atoms with van der Waals surface area (Å²) in [6, 6.07) is 17.5. The van der Waals surface area contributed by atoms with Gasteiger partial charge in [-0.3, -0.25) is 4.79 Å². The molecule has 0 aliphatic heterocycles. The van der Waals surface area contributed by atoms with E-state index in [1.807, 2.05) is 30.3 Å². The Balaban J connectivity index is 1.77. The maximum Gasteiger partial charge on any atom is 0.336 e. The molecule has 0 aliphatic rings. The minimum atomic E-state index is -0.678. The molecule has 1 heterocycles. The zero-order valence-corrected chi connectivity index (χ0v) is 13.4. The van der Waals surface area contributed by atoms with E-state index < -0.39 is 11.7 Å². The molecule has 1 atom stereocenters. The van der Waals surface area contributed by atoms with Crippen LogP contribution in [-0.4, -0.2) is 19.1 Å². The summed E-state index contributed by atoms with van der Waals surface area (Å²) in [6.07, 6.45) is -0.678. The predicted octanol–water partition coefficient (Wildman–Crippen LogP) is 3.22. The lowest BCUT2D eigenvalue weighted by Gasteiger charge is -2.22. The van der Waals surface area contributed by atoms with Crippen LogP contribution in [0.5, 0.6) is 5.75 Å². The Labute approximate surface area is 139 Å². The van der Waals surface area contributed by atoms with Gasteiger partial charge in [0.05, 0.1) is 0 Å². The van der Waals surface area contributed by atoms with Crippen molar-refractivity contribution in [2.75, 3.05) is 11.9 Å². The maximum absolute atomic E-state index is 12.5. The van der Waals surface area contributed by atoms with Gasteiger partial charge >= 0.3 is 5.63 Å². The molecule has 3 rings (SSSR count). The minimum absolute atomic E-state index is 0.171. The van der Waals surface area contributed by atoms with Crippen molar-refractivity contribution in [1.82, 2.24) is 0 Å². The molecular formula is C19H17NO4. The number of amides is 1. The first kappa shape index (κ1) is 15.8. The molecule has 24 heavy (non-hydrogen) atoms. The lowest BCUT2D eigenvalue weighted by atomic mass is 10.2. The van der Waals surface area contributed by atoms with E-state index in [9.17, 15) is 9.59 Å². The molecule has 0 fully saturated rings. The van der Waals surface area contributed by atoms with Gasteiger partial charge in [0, 0.05) is 30.3 Å². The predicted molar refractivity (Wildman–Crippen MR) is 92.4 cm³/mol. The van der Waals surface area contributed by atoms with E-state index in [4.69, 9.17) is 9.15 Å². The SMILES string of the molecule is CC(Oc1ccc2ccc(=O)oc2c1)C(=O)N(C)c1ccccc1. The Kier molecular flexibility index (Phi) is 4.33. The van der Waals surface area contributed by atoms with Gasteiger partial charge in [-0.1, -0.05) is 18.2 Å². The number of para-hydroxylation sites is 1. The Morgan fingerprint density at radius 1 is 1.08 bits per heavy atom. The molecule has 1 amide bonds. The van der Waals surface area contributed by atoms with Gasteiger partial charge in [-0.15, -0.1) is 0 Å². The van der Waals surface area contributed by atoms with E-state index >= 15 is 0 Å². The lowest BCUT2D eigenvalue weighted by molar-refractivity contribution is -0.124. The highest BCUT2D eigenvalue weighted by Crippen LogP contribution is 2.21. The summed E-state index contributed by atoms with van der Waals surface area (Å²) in [4.78, 5) is 25.3. The molecule has 0 saturated heterocycles. The third-order valence-corrected chi connectivity index (χ3v) is 3.73. The summed E-state index contributed by atoms with van der Waals surface area (Å²) >= 11 is 0. The number of likely N-dealkylation sites (N-methyl/N-ethyl adjacent to an activating group) is 1. The number of hydrogen-bond acceptors (Lipinski definition) is 4. The summed E-state index contributed by atoms with van der Waals surface area (Å²) in [7, 11) is 1.71. The molecule has 0 aliphatic carbocycles. The molecule has 0 saturated carbocycles. The molecule has 2 aromatic carbocycles. The zero-order valence-electron chi connectivity index (χ0n) is 13.4. The van der Waals surface area contributed by atoms with Crippen LogP contribution in [0.3, 0.4) is 0 Å². The fourth-order valence-electron chi connectivity index (χ4n) is 2.42. The molecule has 0 spiro atoms. The number of nitrogens with zero attached hydrogens (tertiary/aromatic N) is 1. The fourth-order valence-corrected chi connectivity index (χ4v) is 2.42. The summed E-state index contributed by atoms with van der Waals surface area (Å²) in [5, 5.41) is 0.794. The van der Waals surface area contributed by atoms with E-state index in [0.717, 1.165) is 11.1 Å². The molecule has 122 valence electrons. The van der Waals surface area contributed by atoms with Gasteiger partial charge in [0.15, 0.2) is 6.10 Å². The number of carbonyl (C=O) groups is 1.